The summed E-state index contributed by atoms with van der Waals surface area (Å²) >= 11 is 0. The third-order valence-corrected chi connectivity index (χ3v) is 3.55. The molecule has 0 aliphatic carbocycles. The van der Waals surface area contributed by atoms with Crippen LogP contribution in [-0.4, -0.2) is 39.6 Å². The highest BCUT2D eigenvalue weighted by Gasteiger charge is 2.31. The first-order valence-corrected chi connectivity index (χ1v) is 8.45. The highest BCUT2D eigenvalue weighted by atomic mass is 16.5. The molecule has 0 aromatic heterocycles. The van der Waals surface area contributed by atoms with E-state index >= 15 is 0 Å². The second kappa shape index (κ2) is 16.7. The molecule has 0 unspecified atom stereocenters. The molecule has 0 N–H and O–H groups in total. The lowest BCUT2D eigenvalue weighted by molar-refractivity contribution is -0.0726. The van der Waals surface area contributed by atoms with Crippen LogP contribution in [0.25, 0.3) is 0 Å². The largest absolute Gasteiger partial charge is 0.380 e. The van der Waals surface area contributed by atoms with Crippen molar-refractivity contribution in [1.82, 2.24) is 0 Å². The molecule has 0 saturated heterocycles. The van der Waals surface area contributed by atoms with Gasteiger partial charge in [-0.3, -0.25) is 0 Å². The molecular weight excluding hydrogens is 320 g/mol. The Hall–Kier alpha value is -2.16. The van der Waals surface area contributed by atoms with Gasteiger partial charge in [-0.2, -0.15) is 21.0 Å². The van der Waals surface area contributed by atoms with Gasteiger partial charge in [-0.25, -0.2) is 0 Å². The fraction of sp³-hybridized carbons (Fsp3) is 0.778. The molecule has 0 rings (SSSR count). The van der Waals surface area contributed by atoms with Crippen molar-refractivity contribution in [2.75, 3.05) is 39.6 Å². The molecule has 0 aliphatic rings. The summed E-state index contributed by atoms with van der Waals surface area (Å²) in [5.41, 5.74) is -0.407. The maximum absolute atomic E-state index is 8.68. The molecule has 0 amide bonds. The summed E-state index contributed by atoms with van der Waals surface area (Å²) in [6.07, 6.45) is 3.81. The first-order chi connectivity index (χ1) is 12.2. The van der Waals surface area contributed by atoms with Crippen LogP contribution < -0.4 is 0 Å². The summed E-state index contributed by atoms with van der Waals surface area (Å²) in [6, 6.07) is 8.25. The Kier molecular flexibility index (Phi) is 15.2. The van der Waals surface area contributed by atoms with Crippen molar-refractivity contribution in [2.45, 2.75) is 44.9 Å². The van der Waals surface area contributed by atoms with Crippen molar-refractivity contribution < 1.29 is 14.2 Å². The maximum Gasteiger partial charge on any atom is 0.0645 e. The van der Waals surface area contributed by atoms with Crippen molar-refractivity contribution in [1.29, 1.82) is 21.0 Å². The summed E-state index contributed by atoms with van der Waals surface area (Å²) in [5.74, 6) is 0. The fourth-order valence-corrected chi connectivity index (χ4v) is 2.27. The third kappa shape index (κ3) is 12.9. The van der Waals surface area contributed by atoms with Crippen LogP contribution in [0.2, 0.25) is 0 Å². The minimum absolute atomic E-state index is 0.315. The highest BCUT2D eigenvalue weighted by Crippen LogP contribution is 2.27. The lowest BCUT2D eigenvalue weighted by atomic mass is 9.84. The number of hydrogen-bond donors (Lipinski definition) is 0. The maximum atomic E-state index is 8.68. The zero-order valence-corrected chi connectivity index (χ0v) is 14.7. The predicted molar refractivity (Wildman–Crippen MR) is 89.7 cm³/mol. The van der Waals surface area contributed by atoms with E-state index in [-0.39, 0.29) is 0 Å². The molecule has 25 heavy (non-hydrogen) atoms. The van der Waals surface area contributed by atoms with Crippen molar-refractivity contribution in [3.05, 3.63) is 0 Å². The van der Waals surface area contributed by atoms with E-state index < -0.39 is 5.41 Å². The molecule has 0 saturated carbocycles. The van der Waals surface area contributed by atoms with Crippen LogP contribution in [0.5, 0.6) is 0 Å². The normalized spacial score (nSPS) is 10.4. The minimum atomic E-state index is -0.407. The van der Waals surface area contributed by atoms with Crippen molar-refractivity contribution in [3.63, 3.8) is 0 Å². The van der Waals surface area contributed by atoms with Gasteiger partial charge in [0.2, 0.25) is 0 Å². The molecule has 0 spiro atoms. The Morgan fingerprint density at radius 1 is 0.560 bits per heavy atom. The van der Waals surface area contributed by atoms with E-state index in [1.54, 1.807) is 0 Å². The molecule has 0 aromatic rings. The number of nitriles is 4. The van der Waals surface area contributed by atoms with Crippen molar-refractivity contribution in [3.8, 4) is 24.3 Å². The quantitative estimate of drug-likeness (QED) is 0.394. The molecule has 7 nitrogen and oxygen atoms in total. The van der Waals surface area contributed by atoms with Crippen molar-refractivity contribution in [2.24, 2.45) is 5.41 Å². The lowest BCUT2D eigenvalue weighted by Gasteiger charge is -2.33. The van der Waals surface area contributed by atoms with Crippen LogP contribution in [-0.2, 0) is 14.2 Å². The van der Waals surface area contributed by atoms with Gasteiger partial charge >= 0.3 is 0 Å². The molecule has 0 fully saturated rings. The Morgan fingerprint density at radius 3 is 1.32 bits per heavy atom. The summed E-state index contributed by atoms with van der Waals surface area (Å²) in [6.45, 7) is 2.15. The summed E-state index contributed by atoms with van der Waals surface area (Å²) in [4.78, 5) is 0. The monoisotopic (exact) mass is 346 g/mol. The predicted octanol–water partition coefficient (Wildman–Crippen LogP) is 2.85. The average molecular weight is 346 g/mol. The number of hydrogen-bond acceptors (Lipinski definition) is 7. The van der Waals surface area contributed by atoms with Crippen LogP contribution in [0.4, 0.5) is 0 Å². The van der Waals surface area contributed by atoms with E-state index in [1.807, 2.05) is 18.2 Å². The van der Waals surface area contributed by atoms with Gasteiger partial charge in [0.1, 0.15) is 0 Å². The van der Waals surface area contributed by atoms with Gasteiger partial charge in [0.05, 0.1) is 83.2 Å². The zero-order chi connectivity index (χ0) is 18.6. The molecular formula is C18H26N4O3. The van der Waals surface area contributed by atoms with Crippen molar-refractivity contribution >= 4 is 0 Å². The average Bonchev–Trinajstić information content (AvgIpc) is 2.63. The van der Waals surface area contributed by atoms with Gasteiger partial charge in [0.15, 0.2) is 0 Å². The summed E-state index contributed by atoms with van der Waals surface area (Å²) in [7, 11) is 0. The molecule has 0 aliphatic heterocycles. The topological polar surface area (TPSA) is 123 Å². The molecule has 0 atom stereocenters. The summed E-state index contributed by atoms with van der Waals surface area (Å²) < 4.78 is 16.9. The van der Waals surface area contributed by atoms with Gasteiger partial charge in [0.25, 0.3) is 0 Å². The molecule has 0 bridgehead atoms. The Bertz CT molecular complexity index is 403. The van der Waals surface area contributed by atoms with E-state index in [9.17, 15) is 0 Å². The van der Waals surface area contributed by atoms with E-state index in [1.165, 1.54) is 0 Å². The number of rotatable bonds is 16. The first kappa shape index (κ1) is 22.8. The zero-order valence-electron chi connectivity index (χ0n) is 14.7. The summed E-state index contributed by atoms with van der Waals surface area (Å²) in [5, 5.41) is 34.6. The van der Waals surface area contributed by atoms with Crippen LogP contribution in [0.15, 0.2) is 0 Å². The van der Waals surface area contributed by atoms with Gasteiger partial charge < -0.3 is 14.2 Å². The van der Waals surface area contributed by atoms with E-state index in [0.29, 0.717) is 65.3 Å². The van der Waals surface area contributed by atoms with Gasteiger partial charge in [0, 0.05) is 11.8 Å². The lowest BCUT2D eigenvalue weighted by Crippen LogP contribution is -2.38. The standard InChI is InChI=1S/C18H26N4O3/c19-8-3-1-2-7-18(15-23-12-4-9-20,16-24-13-5-10-21)17-25-14-6-11-22/h1-7,12-17H2. The molecule has 136 valence electrons. The van der Waals surface area contributed by atoms with E-state index in [2.05, 4.69) is 6.07 Å². The van der Waals surface area contributed by atoms with Crippen LogP contribution in [0, 0.1) is 50.7 Å². The van der Waals surface area contributed by atoms with Gasteiger partial charge in [-0.05, 0) is 12.8 Å². The van der Waals surface area contributed by atoms with Gasteiger partial charge in [-0.15, -0.1) is 0 Å². The second-order valence-electron chi connectivity index (χ2n) is 5.75. The first-order valence-electron chi connectivity index (χ1n) is 8.45. The number of unbranched alkanes of at least 4 members (excludes halogenated alkanes) is 2. The van der Waals surface area contributed by atoms with E-state index in [0.717, 1.165) is 19.3 Å². The van der Waals surface area contributed by atoms with Gasteiger partial charge in [-0.1, -0.05) is 6.42 Å². The van der Waals surface area contributed by atoms with Crippen LogP contribution >= 0.6 is 0 Å². The third-order valence-electron chi connectivity index (χ3n) is 3.55. The highest BCUT2D eigenvalue weighted by molar-refractivity contribution is 4.82. The Morgan fingerprint density at radius 2 is 0.960 bits per heavy atom. The second-order valence-corrected chi connectivity index (χ2v) is 5.75. The minimum Gasteiger partial charge on any atom is -0.380 e. The molecule has 0 heterocycles. The smallest absolute Gasteiger partial charge is 0.0645 e. The number of nitrogens with zero attached hydrogens (tertiary/aromatic N) is 4. The van der Waals surface area contributed by atoms with E-state index in [4.69, 9.17) is 35.3 Å². The Labute approximate surface area is 150 Å². The SMILES string of the molecule is N#CCCCCC(COCCC#N)(COCCC#N)COCCC#N. The van der Waals surface area contributed by atoms with Crippen LogP contribution in [0.3, 0.4) is 0 Å². The molecule has 7 heteroatoms. The molecule has 0 radical (unpaired) electrons. The molecule has 0 aromatic carbocycles. The Balaban J connectivity index is 4.75. The fourth-order valence-electron chi connectivity index (χ4n) is 2.27. The number of ether oxygens (including phenoxy) is 3. The van der Waals surface area contributed by atoms with Crippen LogP contribution in [0.1, 0.15) is 44.9 Å².